The molecule has 0 rings (SSSR count). The summed E-state index contributed by atoms with van der Waals surface area (Å²) in [5, 5.41) is 15.7. The van der Waals surface area contributed by atoms with Gasteiger partial charge in [0.15, 0.2) is 0 Å². The van der Waals surface area contributed by atoms with Crippen molar-refractivity contribution >= 4 is 6.79 Å². The highest BCUT2D eigenvalue weighted by Crippen LogP contribution is 1.64. The molecule has 3 heteroatoms. The van der Waals surface area contributed by atoms with E-state index in [4.69, 9.17) is 15.0 Å². The monoisotopic (exact) mass is 116 g/mol. The van der Waals surface area contributed by atoms with Gasteiger partial charge in [0.05, 0.1) is 6.61 Å². The Morgan fingerprint density at radius 2 is 2.00 bits per heavy atom. The van der Waals surface area contributed by atoms with Crippen LogP contribution in [0.3, 0.4) is 0 Å². The predicted octanol–water partition coefficient (Wildman–Crippen LogP) is -0.483. The van der Waals surface area contributed by atoms with Crippen LogP contribution >= 0.6 is 0 Å². The lowest BCUT2D eigenvalue weighted by atomic mass is 10.5. The van der Waals surface area contributed by atoms with Crippen LogP contribution in [0.5, 0.6) is 0 Å². The van der Waals surface area contributed by atoms with E-state index in [-0.39, 0.29) is 6.61 Å². The van der Waals surface area contributed by atoms with Gasteiger partial charge < -0.3 is 15.0 Å². The smallest absolute Gasteiger partial charge is 0.107 e. The number of rotatable bonds is 1. The van der Waals surface area contributed by atoms with E-state index in [2.05, 4.69) is 5.92 Å². The van der Waals surface area contributed by atoms with E-state index in [1.807, 2.05) is 6.79 Å². The Labute approximate surface area is 48.0 Å². The van der Waals surface area contributed by atoms with E-state index in [0.717, 1.165) is 0 Å². The maximum atomic E-state index is 8.00. The van der Waals surface area contributed by atoms with Crippen molar-refractivity contribution in [2.45, 2.75) is 6.42 Å². The molecule has 0 amide bonds. The van der Waals surface area contributed by atoms with Crippen LogP contribution in [0.1, 0.15) is 6.42 Å². The summed E-state index contributed by atoms with van der Waals surface area (Å²) in [7, 11) is 0. The molecule has 0 heterocycles. The normalized spacial score (nSPS) is 5.12. The topological polar surface area (TPSA) is 57.5 Å². The average Bonchev–Trinajstić information content (AvgIpc) is 1.88. The van der Waals surface area contributed by atoms with Gasteiger partial charge >= 0.3 is 0 Å². The summed E-state index contributed by atoms with van der Waals surface area (Å²) in [6, 6.07) is 0. The van der Waals surface area contributed by atoms with Crippen LogP contribution < -0.4 is 0 Å². The maximum Gasteiger partial charge on any atom is 0.107 e. The Morgan fingerprint density at radius 1 is 1.50 bits per heavy atom. The molecule has 0 aromatic heterocycles. The Bertz CT molecular complexity index is 79.4. The van der Waals surface area contributed by atoms with Gasteiger partial charge in [0.2, 0.25) is 0 Å². The van der Waals surface area contributed by atoms with Gasteiger partial charge in [0.25, 0.3) is 0 Å². The lowest BCUT2D eigenvalue weighted by Gasteiger charge is -1.71. The molecule has 0 unspecified atom stereocenters. The van der Waals surface area contributed by atoms with Crippen LogP contribution in [0, 0.1) is 12.0 Å². The Kier molecular flexibility index (Phi) is 21.0. The number of carbonyl (C=O) groups is 1. The predicted molar refractivity (Wildman–Crippen MR) is 28.5 cm³/mol. The van der Waals surface area contributed by atoms with Crippen molar-refractivity contribution < 1.29 is 15.0 Å². The van der Waals surface area contributed by atoms with E-state index < -0.39 is 0 Å². The summed E-state index contributed by atoms with van der Waals surface area (Å²) < 4.78 is 0. The second-order valence-corrected chi connectivity index (χ2v) is 0.762. The zero-order valence-corrected chi connectivity index (χ0v) is 4.42. The average molecular weight is 116 g/mol. The zero-order chi connectivity index (χ0) is 6.83. The molecule has 0 atom stereocenters. The fraction of sp³-hybridized carbons (Fsp3) is 0.400. The van der Waals surface area contributed by atoms with E-state index in [0.29, 0.717) is 6.42 Å². The molecule has 0 aliphatic carbocycles. The molecule has 0 bridgehead atoms. The molecular weight excluding hydrogens is 108 g/mol. The van der Waals surface area contributed by atoms with Crippen molar-refractivity contribution in [3.05, 3.63) is 0 Å². The highest BCUT2D eigenvalue weighted by Gasteiger charge is 1.65. The van der Waals surface area contributed by atoms with Gasteiger partial charge in [0, 0.05) is 6.42 Å². The number of aliphatic hydroxyl groups excluding tert-OH is 2. The summed E-state index contributed by atoms with van der Waals surface area (Å²) in [5.74, 6) is 2.25. The second kappa shape index (κ2) is 16.7. The largest absolute Gasteiger partial charge is 0.462 e. The molecule has 3 nitrogen and oxygen atoms in total. The van der Waals surface area contributed by atoms with E-state index >= 15 is 0 Å². The minimum atomic E-state index is 0.0214. The van der Waals surface area contributed by atoms with Gasteiger partial charge in [-0.15, -0.1) is 0 Å². The summed E-state index contributed by atoms with van der Waals surface area (Å²) in [4.78, 5) is 8.00. The summed E-state index contributed by atoms with van der Waals surface area (Å²) in [6.07, 6.45) is 2.02. The third-order valence-corrected chi connectivity index (χ3v) is 0.316. The van der Waals surface area contributed by atoms with Crippen LogP contribution in [0.15, 0.2) is 0 Å². The molecule has 0 aliphatic heterocycles. The van der Waals surface area contributed by atoms with Crippen molar-refractivity contribution in [1.82, 2.24) is 0 Å². The molecule has 0 fully saturated rings. The second-order valence-electron chi connectivity index (χ2n) is 0.762. The maximum absolute atomic E-state index is 8.00. The molecule has 0 aromatic rings. The third kappa shape index (κ3) is 20.1. The molecular formula is C5H8O3. The lowest BCUT2D eigenvalue weighted by molar-refractivity contribution is -0.0979. The molecule has 0 saturated carbocycles. The molecule has 2 N–H and O–H groups in total. The Balaban J connectivity index is 0. The van der Waals surface area contributed by atoms with Crippen LogP contribution in [0.2, 0.25) is 0 Å². The molecule has 46 valence electrons. The van der Waals surface area contributed by atoms with Crippen LogP contribution in [-0.2, 0) is 4.79 Å². The number of carbonyl (C=O) groups excluding carboxylic acids is 1. The van der Waals surface area contributed by atoms with E-state index in [1.54, 1.807) is 6.11 Å². The van der Waals surface area contributed by atoms with Gasteiger partial charge in [-0.05, 0) is 0 Å². The van der Waals surface area contributed by atoms with Crippen molar-refractivity contribution in [2.24, 2.45) is 0 Å². The van der Waals surface area contributed by atoms with Crippen molar-refractivity contribution in [3.8, 4) is 12.0 Å². The molecule has 0 aliphatic rings. The molecule has 0 aromatic carbocycles. The highest BCUT2D eigenvalue weighted by atomic mass is 16.3. The first-order valence-corrected chi connectivity index (χ1v) is 1.93. The molecule has 0 saturated heterocycles. The summed E-state index contributed by atoms with van der Waals surface area (Å²) in [6.45, 7) is 2.02. The van der Waals surface area contributed by atoms with Gasteiger partial charge in [-0.3, -0.25) is 0 Å². The first-order valence-electron chi connectivity index (χ1n) is 1.93. The van der Waals surface area contributed by atoms with Crippen LogP contribution in [0.25, 0.3) is 0 Å². The minimum Gasteiger partial charge on any atom is -0.462 e. The van der Waals surface area contributed by atoms with Crippen molar-refractivity contribution in [2.75, 3.05) is 6.61 Å². The van der Waals surface area contributed by atoms with Gasteiger partial charge in [-0.25, -0.2) is 0 Å². The standard InChI is InChI=1S/C4H6O2.CH2O/c5-3-1-2-4-6;1-2/h5-6H,1,3H2;1H2. The van der Waals surface area contributed by atoms with Crippen LogP contribution in [0.4, 0.5) is 0 Å². The SMILES string of the molecule is C=O.OC#CCCO. The zero-order valence-electron chi connectivity index (χ0n) is 4.42. The van der Waals surface area contributed by atoms with Gasteiger partial charge in [-0.2, -0.15) is 0 Å². The summed E-state index contributed by atoms with van der Waals surface area (Å²) >= 11 is 0. The van der Waals surface area contributed by atoms with Crippen molar-refractivity contribution in [3.63, 3.8) is 0 Å². The minimum absolute atomic E-state index is 0.0214. The van der Waals surface area contributed by atoms with E-state index in [9.17, 15) is 0 Å². The first-order chi connectivity index (χ1) is 3.91. The highest BCUT2D eigenvalue weighted by molar-refractivity contribution is 5.10. The Morgan fingerprint density at radius 3 is 2.12 bits per heavy atom. The van der Waals surface area contributed by atoms with Crippen LogP contribution in [-0.4, -0.2) is 23.6 Å². The fourth-order valence-corrected chi connectivity index (χ4v) is 0.112. The molecule has 0 spiro atoms. The Hall–Kier alpha value is -1.01. The molecule has 8 heavy (non-hydrogen) atoms. The van der Waals surface area contributed by atoms with E-state index in [1.165, 1.54) is 0 Å². The van der Waals surface area contributed by atoms with Gasteiger partial charge in [-0.1, -0.05) is 5.92 Å². The number of hydrogen-bond donors (Lipinski definition) is 2. The number of aliphatic hydroxyl groups is 2. The lowest BCUT2D eigenvalue weighted by Crippen LogP contribution is -1.74. The fourth-order valence-electron chi connectivity index (χ4n) is 0.112. The quantitative estimate of drug-likeness (QED) is 0.455. The van der Waals surface area contributed by atoms with Gasteiger partial charge in [0.1, 0.15) is 12.9 Å². The van der Waals surface area contributed by atoms with Crippen molar-refractivity contribution in [1.29, 1.82) is 0 Å². The molecule has 0 radical (unpaired) electrons. The number of hydrogen-bond acceptors (Lipinski definition) is 3. The third-order valence-electron chi connectivity index (χ3n) is 0.316. The summed E-state index contributed by atoms with van der Waals surface area (Å²) in [5.41, 5.74) is 0. The first kappa shape index (κ1) is 10.1.